The zero-order valence-corrected chi connectivity index (χ0v) is 20.7. The molecule has 0 saturated carbocycles. The number of carbonyl (C=O) groups excluding carboxylic acids is 2. The summed E-state index contributed by atoms with van der Waals surface area (Å²) in [4.78, 5) is 33.6. The predicted octanol–water partition coefficient (Wildman–Crippen LogP) is 4.16. The number of nitrogens with zero attached hydrogens (tertiary/aromatic N) is 4. The van der Waals surface area contributed by atoms with Crippen molar-refractivity contribution in [2.45, 2.75) is 25.9 Å². The van der Waals surface area contributed by atoms with Gasteiger partial charge in [-0.3, -0.25) is 14.7 Å². The lowest BCUT2D eigenvalue weighted by atomic mass is 10.1. The van der Waals surface area contributed by atoms with E-state index in [-0.39, 0.29) is 11.7 Å². The SMILES string of the molecule is Cc1ccsc1-c1cn2c3c(cccc13)N(C)C(=O)C(NC(=O)c1n[nH]c(Cc3ccccc3)n1)C2. The van der Waals surface area contributed by atoms with E-state index in [9.17, 15) is 9.59 Å². The highest BCUT2D eigenvalue weighted by Gasteiger charge is 2.32. The first-order valence-corrected chi connectivity index (χ1v) is 12.6. The van der Waals surface area contributed by atoms with Gasteiger partial charge in [0.2, 0.25) is 5.82 Å². The topological polar surface area (TPSA) is 95.9 Å². The molecule has 36 heavy (non-hydrogen) atoms. The lowest BCUT2D eigenvalue weighted by Gasteiger charge is -2.21. The number of para-hydroxylation sites is 1. The van der Waals surface area contributed by atoms with Gasteiger partial charge < -0.3 is 14.8 Å². The monoisotopic (exact) mass is 496 g/mol. The van der Waals surface area contributed by atoms with E-state index in [4.69, 9.17) is 0 Å². The normalized spacial score (nSPS) is 15.3. The Morgan fingerprint density at radius 1 is 1.17 bits per heavy atom. The number of benzene rings is 2. The summed E-state index contributed by atoms with van der Waals surface area (Å²) in [6, 6.07) is 17.2. The number of nitrogens with one attached hydrogen (secondary N) is 2. The molecule has 2 amide bonds. The fraction of sp³-hybridized carbons (Fsp3) is 0.185. The molecule has 1 aliphatic heterocycles. The van der Waals surface area contributed by atoms with E-state index in [1.807, 2.05) is 42.5 Å². The molecule has 0 fully saturated rings. The Morgan fingerprint density at radius 2 is 2.00 bits per heavy atom. The van der Waals surface area contributed by atoms with E-state index >= 15 is 0 Å². The number of carbonyl (C=O) groups is 2. The molecular weight excluding hydrogens is 472 g/mol. The fourth-order valence-corrected chi connectivity index (χ4v) is 5.76. The van der Waals surface area contributed by atoms with Gasteiger partial charge in [0.15, 0.2) is 0 Å². The number of H-pyrrole nitrogens is 1. The second-order valence-electron chi connectivity index (χ2n) is 8.99. The van der Waals surface area contributed by atoms with Crippen LogP contribution in [0.3, 0.4) is 0 Å². The van der Waals surface area contributed by atoms with Crippen molar-refractivity contribution in [2.24, 2.45) is 0 Å². The lowest BCUT2D eigenvalue weighted by Crippen LogP contribution is -2.48. The molecule has 6 rings (SSSR count). The van der Waals surface area contributed by atoms with Crippen LogP contribution in [0.25, 0.3) is 21.3 Å². The van der Waals surface area contributed by atoms with Gasteiger partial charge in [-0.25, -0.2) is 4.98 Å². The van der Waals surface area contributed by atoms with Gasteiger partial charge in [-0.2, -0.15) is 0 Å². The molecule has 0 spiro atoms. The highest BCUT2D eigenvalue weighted by atomic mass is 32.1. The van der Waals surface area contributed by atoms with Crippen LogP contribution < -0.4 is 10.2 Å². The van der Waals surface area contributed by atoms with Gasteiger partial charge in [0.25, 0.3) is 11.8 Å². The molecule has 3 aromatic heterocycles. The van der Waals surface area contributed by atoms with Gasteiger partial charge in [0, 0.05) is 35.5 Å². The number of likely N-dealkylation sites (N-methyl/N-ethyl adjacent to an activating group) is 1. The Balaban J connectivity index is 1.29. The molecule has 0 bridgehead atoms. The van der Waals surface area contributed by atoms with Crippen molar-refractivity contribution in [2.75, 3.05) is 11.9 Å². The maximum absolute atomic E-state index is 13.4. The second kappa shape index (κ2) is 8.76. The van der Waals surface area contributed by atoms with E-state index in [1.54, 1.807) is 23.3 Å². The summed E-state index contributed by atoms with van der Waals surface area (Å²) in [7, 11) is 1.75. The van der Waals surface area contributed by atoms with Crippen LogP contribution >= 0.6 is 11.3 Å². The summed E-state index contributed by atoms with van der Waals surface area (Å²) in [6.07, 6.45) is 2.62. The Kier molecular flexibility index (Phi) is 5.41. The number of anilines is 1. The van der Waals surface area contributed by atoms with Crippen LogP contribution in [-0.2, 0) is 17.8 Å². The quantitative estimate of drug-likeness (QED) is 0.382. The maximum atomic E-state index is 13.4. The van der Waals surface area contributed by atoms with Crippen molar-refractivity contribution in [1.29, 1.82) is 0 Å². The second-order valence-corrected chi connectivity index (χ2v) is 9.91. The van der Waals surface area contributed by atoms with Crippen LogP contribution in [0.2, 0.25) is 0 Å². The first-order valence-electron chi connectivity index (χ1n) is 11.7. The Hall–Kier alpha value is -4.24. The number of aromatic amines is 1. The van der Waals surface area contributed by atoms with Crippen LogP contribution in [0.5, 0.6) is 0 Å². The standard InChI is InChI=1S/C27H24N6O2S/c1-16-11-12-36-24(16)19-14-33-15-20(27(35)32(2)21-10-6-9-18(19)23(21)33)28-26(34)25-29-22(30-31-25)13-17-7-4-3-5-8-17/h3-12,14,20H,13,15H2,1-2H3,(H,28,34)(H,29,30,31). The minimum atomic E-state index is -0.765. The van der Waals surface area contributed by atoms with E-state index in [2.05, 4.69) is 55.7 Å². The molecule has 4 heterocycles. The number of hydrogen-bond donors (Lipinski definition) is 2. The van der Waals surface area contributed by atoms with Crippen molar-refractivity contribution < 1.29 is 9.59 Å². The molecule has 0 radical (unpaired) electrons. The predicted molar refractivity (Wildman–Crippen MR) is 140 cm³/mol. The minimum absolute atomic E-state index is 0.0192. The van der Waals surface area contributed by atoms with Crippen molar-refractivity contribution >= 4 is 39.7 Å². The minimum Gasteiger partial charge on any atom is -0.343 e. The number of rotatable bonds is 5. The van der Waals surface area contributed by atoms with Crippen LogP contribution in [0.4, 0.5) is 5.69 Å². The molecular formula is C27H24N6O2S. The van der Waals surface area contributed by atoms with Gasteiger partial charge in [-0.1, -0.05) is 42.5 Å². The maximum Gasteiger partial charge on any atom is 0.291 e. The number of aromatic nitrogens is 4. The molecule has 8 nitrogen and oxygen atoms in total. The summed E-state index contributed by atoms with van der Waals surface area (Å²) < 4.78 is 2.07. The molecule has 180 valence electrons. The van der Waals surface area contributed by atoms with Gasteiger partial charge in [-0.15, -0.1) is 16.4 Å². The Labute approximate surface area is 211 Å². The smallest absolute Gasteiger partial charge is 0.291 e. The van der Waals surface area contributed by atoms with Crippen LogP contribution in [0, 0.1) is 6.92 Å². The Morgan fingerprint density at radius 3 is 2.78 bits per heavy atom. The van der Waals surface area contributed by atoms with Crippen LogP contribution in [-0.4, -0.2) is 44.7 Å². The number of aryl methyl sites for hydroxylation is 1. The molecule has 0 aliphatic carbocycles. The molecule has 2 aromatic carbocycles. The summed E-state index contributed by atoms with van der Waals surface area (Å²) >= 11 is 1.70. The van der Waals surface area contributed by atoms with Crippen molar-refractivity contribution in [3.05, 3.63) is 88.9 Å². The summed E-state index contributed by atoms with van der Waals surface area (Å²) in [5.41, 5.74) is 5.21. The van der Waals surface area contributed by atoms with Gasteiger partial charge >= 0.3 is 0 Å². The van der Waals surface area contributed by atoms with Gasteiger partial charge in [0.05, 0.1) is 17.7 Å². The third-order valence-electron chi connectivity index (χ3n) is 6.61. The average molecular weight is 497 g/mol. The van der Waals surface area contributed by atoms with Crippen molar-refractivity contribution in [3.8, 4) is 10.4 Å². The third-order valence-corrected chi connectivity index (χ3v) is 7.66. The number of hydrogen-bond acceptors (Lipinski definition) is 5. The highest BCUT2D eigenvalue weighted by molar-refractivity contribution is 7.13. The molecule has 5 aromatic rings. The zero-order valence-electron chi connectivity index (χ0n) is 19.9. The molecule has 2 N–H and O–H groups in total. The first kappa shape index (κ1) is 22.2. The molecule has 9 heteroatoms. The highest BCUT2D eigenvalue weighted by Crippen LogP contribution is 2.40. The Bertz CT molecular complexity index is 1600. The summed E-state index contributed by atoms with van der Waals surface area (Å²) in [5, 5.41) is 13.0. The molecule has 0 saturated heterocycles. The fourth-order valence-electron chi connectivity index (χ4n) is 4.81. The van der Waals surface area contributed by atoms with Crippen molar-refractivity contribution in [1.82, 2.24) is 25.1 Å². The van der Waals surface area contributed by atoms with Gasteiger partial charge in [-0.05, 0) is 35.6 Å². The van der Waals surface area contributed by atoms with Crippen LogP contribution in [0.1, 0.15) is 27.6 Å². The number of amides is 2. The number of thiophene rings is 1. The van der Waals surface area contributed by atoms with E-state index in [0.717, 1.165) is 27.7 Å². The third kappa shape index (κ3) is 3.77. The molecule has 1 atom stereocenters. The van der Waals surface area contributed by atoms with E-state index in [1.165, 1.54) is 10.4 Å². The molecule has 1 unspecified atom stereocenters. The van der Waals surface area contributed by atoms with Crippen LogP contribution in [0.15, 0.2) is 66.2 Å². The first-order chi connectivity index (χ1) is 17.5. The summed E-state index contributed by atoms with van der Waals surface area (Å²) in [6.45, 7) is 2.42. The zero-order chi connectivity index (χ0) is 24.8. The van der Waals surface area contributed by atoms with Crippen molar-refractivity contribution in [3.63, 3.8) is 0 Å². The summed E-state index contributed by atoms with van der Waals surface area (Å²) in [5.74, 6) is -0.0636. The van der Waals surface area contributed by atoms with Gasteiger partial charge in [0.1, 0.15) is 11.9 Å². The van der Waals surface area contributed by atoms with E-state index < -0.39 is 11.9 Å². The molecule has 1 aliphatic rings. The van der Waals surface area contributed by atoms with E-state index in [0.29, 0.717) is 18.8 Å². The average Bonchev–Trinajstić information content (AvgIpc) is 3.60. The lowest BCUT2D eigenvalue weighted by molar-refractivity contribution is -0.120. The largest absolute Gasteiger partial charge is 0.343 e.